The van der Waals surface area contributed by atoms with Crippen LogP contribution in [0.25, 0.3) is 6.08 Å². The lowest BCUT2D eigenvalue weighted by atomic mass is 10.1. The van der Waals surface area contributed by atoms with Gasteiger partial charge in [0, 0.05) is 11.6 Å². The van der Waals surface area contributed by atoms with E-state index in [4.69, 9.17) is 21.1 Å². The number of methoxy groups -OCH3 is 1. The minimum Gasteiger partial charge on any atom is -0.497 e. The molecule has 0 unspecified atom stereocenters. The molecule has 162 valence electrons. The molecule has 0 fully saturated rings. The molecule has 0 radical (unpaired) electrons. The maximum Gasteiger partial charge on any atom is 0.294 e. The molecule has 4 rings (SSSR count). The lowest BCUT2D eigenvalue weighted by Crippen LogP contribution is -2.44. The number of halogens is 1. The van der Waals surface area contributed by atoms with E-state index in [-0.39, 0.29) is 24.1 Å². The topological polar surface area (TPSA) is 67.9 Å². The van der Waals surface area contributed by atoms with Crippen LogP contribution in [0, 0.1) is 0 Å². The van der Waals surface area contributed by atoms with Gasteiger partial charge in [0.25, 0.3) is 5.91 Å². The second-order valence-electron chi connectivity index (χ2n) is 7.15. The highest BCUT2D eigenvalue weighted by Crippen LogP contribution is 2.35. The summed E-state index contributed by atoms with van der Waals surface area (Å²) >= 11 is 5.90. The molecule has 1 aliphatic heterocycles. The van der Waals surface area contributed by atoms with E-state index >= 15 is 0 Å². The monoisotopic (exact) mass is 448 g/mol. The minimum absolute atomic E-state index is 0.132. The predicted octanol–water partition coefficient (Wildman–Crippen LogP) is 4.43. The van der Waals surface area contributed by atoms with Crippen molar-refractivity contribution in [1.82, 2.24) is 5.32 Å². The number of hydrogen-bond acceptors (Lipinski definition) is 4. The number of benzene rings is 3. The van der Waals surface area contributed by atoms with Gasteiger partial charge in [-0.3, -0.25) is 14.5 Å². The van der Waals surface area contributed by atoms with Crippen LogP contribution in [-0.2, 0) is 16.1 Å². The van der Waals surface area contributed by atoms with Crippen LogP contribution in [0.2, 0.25) is 5.02 Å². The Labute approximate surface area is 191 Å². The fourth-order valence-corrected chi connectivity index (χ4v) is 3.40. The van der Waals surface area contributed by atoms with Crippen molar-refractivity contribution in [3.05, 3.63) is 94.7 Å². The van der Waals surface area contributed by atoms with Crippen molar-refractivity contribution in [2.24, 2.45) is 0 Å². The Hall–Kier alpha value is -3.77. The summed E-state index contributed by atoms with van der Waals surface area (Å²) in [6.45, 7) is 0.206. The highest BCUT2D eigenvalue weighted by atomic mass is 35.5. The van der Waals surface area contributed by atoms with Crippen LogP contribution in [0.4, 0.5) is 5.69 Å². The number of fused-ring (bicyclic) bond motifs is 1. The number of amides is 2. The molecule has 0 aromatic heterocycles. The number of nitrogens with zero attached hydrogens (tertiary/aromatic N) is 1. The summed E-state index contributed by atoms with van der Waals surface area (Å²) in [6.07, 6.45) is 1.65. The van der Waals surface area contributed by atoms with Crippen molar-refractivity contribution in [1.29, 1.82) is 0 Å². The fourth-order valence-electron chi connectivity index (χ4n) is 3.27. The molecule has 6 nitrogen and oxygen atoms in total. The highest BCUT2D eigenvalue weighted by molar-refractivity contribution is 6.30. The first-order chi connectivity index (χ1) is 15.5. The van der Waals surface area contributed by atoms with Gasteiger partial charge >= 0.3 is 0 Å². The first kappa shape index (κ1) is 21.5. The molecule has 7 heteroatoms. The lowest BCUT2D eigenvalue weighted by molar-refractivity contribution is -0.123. The molecular weight excluding hydrogens is 428 g/mol. The van der Waals surface area contributed by atoms with Crippen molar-refractivity contribution in [3.8, 4) is 11.5 Å². The van der Waals surface area contributed by atoms with E-state index in [1.54, 1.807) is 55.7 Å². The van der Waals surface area contributed by atoms with E-state index in [0.717, 1.165) is 11.1 Å². The average Bonchev–Trinajstić information content (AvgIpc) is 2.82. The highest BCUT2D eigenvalue weighted by Gasteiger charge is 2.31. The van der Waals surface area contributed by atoms with Gasteiger partial charge in [0.1, 0.15) is 12.3 Å². The molecule has 0 spiro atoms. The standard InChI is InChI=1S/C25H21ClN2O4/c1-31-20-12-8-17(9-13-20)14-23-25(30)28(21-4-2-3-5-22(21)32-23)16-24(29)27-15-18-6-10-19(26)11-7-18/h2-14H,15-16H2,1H3,(H,27,29)/b23-14-. The second-order valence-corrected chi connectivity index (χ2v) is 7.58. The van der Waals surface area contributed by atoms with E-state index in [1.807, 2.05) is 30.3 Å². The van der Waals surface area contributed by atoms with Crippen LogP contribution in [-0.4, -0.2) is 25.5 Å². The molecule has 3 aromatic carbocycles. The number of hydrogen-bond donors (Lipinski definition) is 1. The third kappa shape index (κ3) is 4.92. The Kier molecular flexibility index (Phi) is 6.42. The third-order valence-electron chi connectivity index (χ3n) is 4.95. The zero-order valence-corrected chi connectivity index (χ0v) is 18.1. The van der Waals surface area contributed by atoms with Crippen LogP contribution in [0.5, 0.6) is 11.5 Å². The van der Waals surface area contributed by atoms with Gasteiger partial charge in [-0.05, 0) is 53.6 Å². The first-order valence-corrected chi connectivity index (χ1v) is 10.4. The fraction of sp³-hybridized carbons (Fsp3) is 0.120. The van der Waals surface area contributed by atoms with E-state index in [1.165, 1.54) is 4.90 Å². The van der Waals surface area contributed by atoms with Crippen LogP contribution in [0.1, 0.15) is 11.1 Å². The van der Waals surface area contributed by atoms with Gasteiger partial charge in [-0.25, -0.2) is 0 Å². The Morgan fingerprint density at radius 2 is 1.78 bits per heavy atom. The Bertz CT molecular complexity index is 1160. The molecule has 1 aliphatic rings. The summed E-state index contributed by atoms with van der Waals surface area (Å²) in [5.41, 5.74) is 2.24. The normalized spacial score (nSPS) is 14.0. The molecule has 2 amide bonds. The largest absolute Gasteiger partial charge is 0.497 e. The van der Waals surface area contributed by atoms with Crippen molar-refractivity contribution in [2.75, 3.05) is 18.6 Å². The Balaban J connectivity index is 1.53. The number of nitrogens with one attached hydrogen (secondary N) is 1. The van der Waals surface area contributed by atoms with Crippen molar-refractivity contribution in [3.63, 3.8) is 0 Å². The molecule has 0 saturated carbocycles. The molecule has 0 saturated heterocycles. The summed E-state index contributed by atoms with van der Waals surface area (Å²) in [6, 6.07) is 21.6. The van der Waals surface area contributed by atoms with Gasteiger partial charge in [-0.1, -0.05) is 48.0 Å². The number of rotatable bonds is 6. The molecule has 32 heavy (non-hydrogen) atoms. The lowest BCUT2D eigenvalue weighted by Gasteiger charge is -2.30. The van der Waals surface area contributed by atoms with Crippen molar-refractivity contribution < 1.29 is 19.1 Å². The maximum absolute atomic E-state index is 13.2. The van der Waals surface area contributed by atoms with E-state index in [2.05, 4.69) is 5.32 Å². The van der Waals surface area contributed by atoms with Gasteiger partial charge in [0.2, 0.25) is 5.91 Å². The van der Waals surface area contributed by atoms with Gasteiger partial charge in [-0.2, -0.15) is 0 Å². The third-order valence-corrected chi connectivity index (χ3v) is 5.20. The zero-order chi connectivity index (χ0) is 22.5. The van der Waals surface area contributed by atoms with E-state index < -0.39 is 0 Å². The average molecular weight is 449 g/mol. The Morgan fingerprint density at radius 3 is 2.50 bits per heavy atom. The molecule has 0 atom stereocenters. The van der Waals surface area contributed by atoms with E-state index in [9.17, 15) is 9.59 Å². The summed E-state index contributed by atoms with van der Waals surface area (Å²) in [5.74, 6) is 0.694. The Morgan fingerprint density at radius 1 is 1.06 bits per heavy atom. The summed E-state index contributed by atoms with van der Waals surface area (Å²) in [7, 11) is 1.59. The smallest absolute Gasteiger partial charge is 0.294 e. The second kappa shape index (κ2) is 9.58. The van der Waals surface area contributed by atoms with Crippen molar-refractivity contribution in [2.45, 2.75) is 6.54 Å². The van der Waals surface area contributed by atoms with Crippen molar-refractivity contribution >= 4 is 35.2 Å². The molecule has 0 bridgehead atoms. The van der Waals surface area contributed by atoms with Crippen LogP contribution >= 0.6 is 11.6 Å². The van der Waals surface area contributed by atoms with Gasteiger partial charge in [-0.15, -0.1) is 0 Å². The number of carbonyl (C=O) groups is 2. The number of carbonyl (C=O) groups excluding carboxylic acids is 2. The van der Waals surface area contributed by atoms with Crippen LogP contribution in [0.15, 0.2) is 78.6 Å². The number of para-hydroxylation sites is 2. The van der Waals surface area contributed by atoms with E-state index in [0.29, 0.717) is 28.8 Å². The maximum atomic E-state index is 13.2. The molecule has 1 heterocycles. The number of anilines is 1. The van der Waals surface area contributed by atoms with Gasteiger partial charge < -0.3 is 14.8 Å². The minimum atomic E-state index is -0.388. The summed E-state index contributed by atoms with van der Waals surface area (Å²) in [5, 5.41) is 3.48. The van der Waals surface area contributed by atoms with Crippen LogP contribution in [0.3, 0.4) is 0 Å². The molecule has 0 aliphatic carbocycles. The summed E-state index contributed by atoms with van der Waals surface area (Å²) < 4.78 is 11.0. The quantitative estimate of drug-likeness (QED) is 0.566. The number of ether oxygens (including phenoxy) is 2. The molecular formula is C25H21ClN2O4. The predicted molar refractivity (Wildman–Crippen MR) is 124 cm³/mol. The van der Waals surface area contributed by atoms with Crippen LogP contribution < -0.4 is 19.7 Å². The molecule has 1 N–H and O–H groups in total. The first-order valence-electron chi connectivity index (χ1n) is 9.99. The summed E-state index contributed by atoms with van der Waals surface area (Å²) in [4.78, 5) is 27.2. The SMILES string of the molecule is COc1ccc(/C=C2\Oc3ccccc3N(CC(=O)NCc3ccc(Cl)cc3)C2=O)cc1. The van der Waals surface area contributed by atoms with Gasteiger partial charge in [0.05, 0.1) is 12.8 Å². The van der Waals surface area contributed by atoms with Gasteiger partial charge in [0.15, 0.2) is 11.5 Å². The molecule has 3 aromatic rings. The zero-order valence-electron chi connectivity index (χ0n) is 17.4.